The Hall–Kier alpha value is -3.79. The lowest BCUT2D eigenvalue weighted by Gasteiger charge is -2.32. The Morgan fingerprint density at radius 1 is 1.10 bits per heavy atom. The van der Waals surface area contributed by atoms with Gasteiger partial charge in [0.2, 0.25) is 5.91 Å². The van der Waals surface area contributed by atoms with E-state index >= 15 is 0 Å². The highest BCUT2D eigenvalue weighted by molar-refractivity contribution is 6.06. The fourth-order valence-electron chi connectivity index (χ4n) is 5.06. The molecule has 0 atom stereocenters. The quantitative estimate of drug-likeness (QED) is 0.425. The molecule has 4 rings (SSSR count). The average molecular weight is 552 g/mol. The lowest BCUT2D eigenvalue weighted by molar-refractivity contribution is -0.132. The van der Waals surface area contributed by atoms with Crippen molar-refractivity contribution in [3.05, 3.63) is 71.5 Å². The molecule has 10 heteroatoms. The molecule has 2 amide bonds. The molecule has 1 aliphatic heterocycles. The van der Waals surface area contributed by atoms with E-state index in [1.54, 1.807) is 46.5 Å². The standard InChI is InChI=1S/C30H38FN5O4/c1-22(2)20-34-13-5-15-35(29(37)11-9-26-18-28(39-3)33-40-26)21-24-17-25(31)8-10-27(24)36(16-6-14-34)30(38)23-7-4-12-32-19-23/h4,7-8,10,12,17-19,22H,5-6,9,11,13-16,20-21H2,1-3H3. The van der Waals surface area contributed by atoms with Gasteiger partial charge in [-0.25, -0.2) is 4.39 Å². The van der Waals surface area contributed by atoms with Crippen LogP contribution in [0.4, 0.5) is 10.1 Å². The molecule has 214 valence electrons. The number of aromatic nitrogens is 2. The molecule has 0 unspecified atom stereocenters. The van der Waals surface area contributed by atoms with Gasteiger partial charge in [0.25, 0.3) is 11.8 Å². The molecule has 2 aromatic heterocycles. The van der Waals surface area contributed by atoms with E-state index in [2.05, 4.69) is 28.9 Å². The van der Waals surface area contributed by atoms with Crippen LogP contribution in [0.1, 0.15) is 54.8 Å². The van der Waals surface area contributed by atoms with Crippen molar-refractivity contribution in [2.24, 2.45) is 5.92 Å². The normalized spacial score (nSPS) is 15.3. The number of carbonyl (C=O) groups excluding carboxylic acids is 2. The second-order valence-corrected chi connectivity index (χ2v) is 10.5. The number of anilines is 1. The highest BCUT2D eigenvalue weighted by atomic mass is 19.1. The molecule has 0 fully saturated rings. The zero-order valence-corrected chi connectivity index (χ0v) is 23.5. The van der Waals surface area contributed by atoms with Gasteiger partial charge in [-0.1, -0.05) is 13.8 Å². The summed E-state index contributed by atoms with van der Waals surface area (Å²) >= 11 is 0. The van der Waals surface area contributed by atoms with Crippen LogP contribution >= 0.6 is 0 Å². The van der Waals surface area contributed by atoms with Gasteiger partial charge in [0.1, 0.15) is 11.6 Å². The molecular weight excluding hydrogens is 513 g/mol. The van der Waals surface area contributed by atoms with Gasteiger partial charge in [-0.3, -0.25) is 14.6 Å². The predicted molar refractivity (Wildman–Crippen MR) is 150 cm³/mol. The Bertz CT molecular complexity index is 1270. The van der Waals surface area contributed by atoms with Gasteiger partial charge in [-0.2, -0.15) is 0 Å². The van der Waals surface area contributed by atoms with Gasteiger partial charge in [0.15, 0.2) is 0 Å². The molecule has 1 aromatic carbocycles. The minimum atomic E-state index is -0.413. The fourth-order valence-corrected chi connectivity index (χ4v) is 5.06. The summed E-state index contributed by atoms with van der Waals surface area (Å²) in [7, 11) is 1.50. The average Bonchev–Trinajstić information content (AvgIpc) is 3.41. The summed E-state index contributed by atoms with van der Waals surface area (Å²) in [6, 6.07) is 9.55. The Balaban J connectivity index is 1.64. The molecule has 9 nitrogen and oxygen atoms in total. The SMILES string of the molecule is COc1cc(CCC(=O)N2CCCN(CC(C)C)CCCN(C(=O)c3cccnc3)c3ccc(F)cc3C2)on1. The summed E-state index contributed by atoms with van der Waals surface area (Å²) in [5, 5.41) is 3.80. The number of hydrogen-bond acceptors (Lipinski definition) is 7. The highest BCUT2D eigenvalue weighted by Crippen LogP contribution is 2.27. The number of rotatable bonds is 7. The Labute approximate surface area is 234 Å². The van der Waals surface area contributed by atoms with Gasteiger partial charge < -0.3 is 24.0 Å². The van der Waals surface area contributed by atoms with E-state index in [0.717, 1.165) is 32.5 Å². The van der Waals surface area contributed by atoms with Crippen molar-refractivity contribution < 1.29 is 23.2 Å². The first kappa shape index (κ1) is 29.2. The number of amides is 2. The lowest BCUT2D eigenvalue weighted by atomic mass is 10.1. The van der Waals surface area contributed by atoms with E-state index in [1.165, 1.54) is 19.2 Å². The Morgan fingerprint density at radius 2 is 1.90 bits per heavy atom. The fraction of sp³-hybridized carbons (Fsp3) is 0.467. The van der Waals surface area contributed by atoms with Crippen molar-refractivity contribution in [3.8, 4) is 5.88 Å². The molecule has 3 aromatic rings. The van der Waals surface area contributed by atoms with Gasteiger partial charge in [0, 0.05) is 63.2 Å². The summed E-state index contributed by atoms with van der Waals surface area (Å²) in [6.45, 7) is 8.11. The van der Waals surface area contributed by atoms with Crippen LogP contribution in [0, 0.1) is 11.7 Å². The molecule has 0 radical (unpaired) electrons. The van der Waals surface area contributed by atoms with E-state index in [-0.39, 0.29) is 24.8 Å². The summed E-state index contributed by atoms with van der Waals surface area (Å²) < 4.78 is 24.9. The highest BCUT2D eigenvalue weighted by Gasteiger charge is 2.25. The van der Waals surface area contributed by atoms with Crippen molar-refractivity contribution in [2.45, 2.75) is 46.1 Å². The van der Waals surface area contributed by atoms with E-state index in [1.807, 2.05) is 0 Å². The molecular formula is C30H38FN5O4. The topological polar surface area (TPSA) is 92.0 Å². The molecule has 0 aliphatic carbocycles. The minimum absolute atomic E-state index is 0.0804. The number of carbonyl (C=O) groups is 2. The minimum Gasteiger partial charge on any atom is -0.479 e. The number of methoxy groups -OCH3 is 1. The van der Waals surface area contributed by atoms with E-state index < -0.39 is 5.82 Å². The summed E-state index contributed by atoms with van der Waals surface area (Å²) in [4.78, 5) is 37.2. The van der Waals surface area contributed by atoms with Crippen LogP contribution < -0.4 is 9.64 Å². The first-order chi connectivity index (χ1) is 19.3. The molecule has 0 saturated carbocycles. The monoisotopic (exact) mass is 551 g/mol. The van der Waals surface area contributed by atoms with Crippen LogP contribution in [0.3, 0.4) is 0 Å². The third-order valence-corrected chi connectivity index (χ3v) is 6.91. The second kappa shape index (κ2) is 14.0. The summed E-state index contributed by atoms with van der Waals surface area (Å²) in [6.07, 6.45) is 5.29. The van der Waals surface area contributed by atoms with E-state index in [9.17, 15) is 14.0 Å². The second-order valence-electron chi connectivity index (χ2n) is 10.5. The van der Waals surface area contributed by atoms with E-state index in [4.69, 9.17) is 9.26 Å². The first-order valence-electron chi connectivity index (χ1n) is 13.8. The van der Waals surface area contributed by atoms with Crippen molar-refractivity contribution >= 4 is 17.5 Å². The molecule has 0 bridgehead atoms. The van der Waals surface area contributed by atoms with Crippen LogP contribution in [-0.2, 0) is 17.8 Å². The van der Waals surface area contributed by atoms with Crippen molar-refractivity contribution in [3.63, 3.8) is 0 Å². The first-order valence-corrected chi connectivity index (χ1v) is 13.8. The zero-order valence-electron chi connectivity index (χ0n) is 23.5. The predicted octanol–water partition coefficient (Wildman–Crippen LogP) is 4.58. The summed E-state index contributed by atoms with van der Waals surface area (Å²) in [5.41, 5.74) is 1.65. The van der Waals surface area contributed by atoms with Crippen molar-refractivity contribution in [1.29, 1.82) is 0 Å². The Morgan fingerprint density at radius 3 is 2.60 bits per heavy atom. The number of ether oxygens (including phenoxy) is 1. The maximum atomic E-state index is 14.6. The molecule has 1 aliphatic rings. The number of aryl methyl sites for hydroxylation is 1. The maximum Gasteiger partial charge on any atom is 0.259 e. The molecule has 3 heterocycles. The van der Waals surface area contributed by atoms with Crippen molar-refractivity contribution in [2.75, 3.05) is 44.7 Å². The van der Waals surface area contributed by atoms with Crippen LogP contribution in [-0.4, -0.2) is 71.6 Å². The number of nitrogens with zero attached hydrogens (tertiary/aromatic N) is 5. The molecule has 0 N–H and O–H groups in total. The Kier molecular flexibility index (Phi) is 10.2. The van der Waals surface area contributed by atoms with E-state index in [0.29, 0.717) is 53.9 Å². The van der Waals surface area contributed by atoms with Crippen molar-refractivity contribution in [1.82, 2.24) is 19.9 Å². The smallest absolute Gasteiger partial charge is 0.259 e. The van der Waals surface area contributed by atoms with Crippen LogP contribution in [0.5, 0.6) is 5.88 Å². The van der Waals surface area contributed by atoms with Gasteiger partial charge in [-0.15, -0.1) is 0 Å². The number of halogens is 1. The van der Waals surface area contributed by atoms with Crippen LogP contribution in [0.15, 0.2) is 53.3 Å². The van der Waals surface area contributed by atoms with Gasteiger partial charge in [0.05, 0.1) is 12.7 Å². The number of fused-ring (bicyclic) bond motifs is 1. The number of pyridine rings is 1. The van der Waals surface area contributed by atoms with Crippen LogP contribution in [0.25, 0.3) is 0 Å². The van der Waals surface area contributed by atoms with Gasteiger partial charge >= 0.3 is 0 Å². The third kappa shape index (κ3) is 7.88. The largest absolute Gasteiger partial charge is 0.479 e. The maximum absolute atomic E-state index is 14.6. The van der Waals surface area contributed by atoms with Gasteiger partial charge in [-0.05, 0) is 72.9 Å². The number of benzene rings is 1. The lowest BCUT2D eigenvalue weighted by Crippen LogP contribution is -2.39. The molecule has 40 heavy (non-hydrogen) atoms. The van der Waals surface area contributed by atoms with Crippen LogP contribution in [0.2, 0.25) is 0 Å². The molecule has 0 spiro atoms. The molecule has 0 saturated heterocycles. The zero-order chi connectivity index (χ0) is 28.5. The summed E-state index contributed by atoms with van der Waals surface area (Å²) in [5.74, 6) is 0.711. The number of hydrogen-bond donors (Lipinski definition) is 0. The third-order valence-electron chi connectivity index (χ3n) is 6.91.